The van der Waals surface area contributed by atoms with Gasteiger partial charge in [0, 0.05) is 31.6 Å². The summed E-state index contributed by atoms with van der Waals surface area (Å²) in [5, 5.41) is 6.25. The van der Waals surface area contributed by atoms with E-state index in [0.29, 0.717) is 31.9 Å². The molecule has 1 atom stereocenters. The van der Waals surface area contributed by atoms with Gasteiger partial charge in [-0.3, -0.25) is 4.79 Å². The number of hydrogen-bond acceptors (Lipinski definition) is 6. The van der Waals surface area contributed by atoms with Crippen LogP contribution in [0.3, 0.4) is 0 Å². The van der Waals surface area contributed by atoms with Crippen LogP contribution in [0.25, 0.3) is 0 Å². The highest BCUT2D eigenvalue weighted by molar-refractivity contribution is 7.09. The quantitative estimate of drug-likeness (QED) is 0.854. The van der Waals surface area contributed by atoms with Crippen molar-refractivity contribution < 1.29 is 14.3 Å². The minimum atomic E-state index is -0.334. The second kappa shape index (κ2) is 8.70. The maximum atomic E-state index is 12.7. The van der Waals surface area contributed by atoms with Gasteiger partial charge in [-0.15, -0.1) is 11.3 Å². The first-order chi connectivity index (χ1) is 13.7. The fourth-order valence-corrected chi connectivity index (χ4v) is 4.41. The van der Waals surface area contributed by atoms with Crippen molar-refractivity contribution in [3.63, 3.8) is 0 Å². The highest BCUT2D eigenvalue weighted by atomic mass is 32.1. The molecule has 1 N–H and O–H groups in total. The first kappa shape index (κ1) is 18.9. The van der Waals surface area contributed by atoms with Gasteiger partial charge >= 0.3 is 6.09 Å². The number of thiazole rings is 1. The summed E-state index contributed by atoms with van der Waals surface area (Å²) in [6.45, 7) is 3.20. The molecule has 2 aromatic rings. The van der Waals surface area contributed by atoms with Crippen molar-refractivity contribution >= 4 is 23.3 Å². The molecule has 8 heteroatoms. The third-order valence-corrected chi connectivity index (χ3v) is 6.09. The largest absolute Gasteiger partial charge is 0.445 e. The molecule has 0 spiro atoms. The van der Waals surface area contributed by atoms with E-state index in [1.165, 1.54) is 0 Å². The van der Waals surface area contributed by atoms with Crippen molar-refractivity contribution in [2.75, 3.05) is 32.7 Å². The Bertz CT molecular complexity index is 812. The van der Waals surface area contributed by atoms with E-state index in [9.17, 15) is 9.59 Å². The zero-order chi connectivity index (χ0) is 19.3. The number of aromatic nitrogens is 1. The number of rotatable bonds is 4. The summed E-state index contributed by atoms with van der Waals surface area (Å²) in [5.41, 5.74) is 1.47. The van der Waals surface area contributed by atoms with Gasteiger partial charge in [0.25, 0.3) is 5.91 Å². The Kier molecular flexibility index (Phi) is 5.87. The van der Waals surface area contributed by atoms with Crippen LogP contribution < -0.4 is 5.32 Å². The van der Waals surface area contributed by atoms with E-state index in [1.54, 1.807) is 21.1 Å². The molecule has 1 unspecified atom stereocenters. The maximum Gasteiger partial charge on any atom is 0.410 e. The lowest BCUT2D eigenvalue weighted by Crippen LogP contribution is -2.50. The summed E-state index contributed by atoms with van der Waals surface area (Å²) in [7, 11) is 0. The van der Waals surface area contributed by atoms with Crippen LogP contribution >= 0.6 is 11.3 Å². The van der Waals surface area contributed by atoms with Gasteiger partial charge in [-0.1, -0.05) is 30.3 Å². The topological polar surface area (TPSA) is 74.8 Å². The molecule has 0 radical (unpaired) electrons. The second-order valence-electron chi connectivity index (χ2n) is 7.04. The highest BCUT2D eigenvalue weighted by Gasteiger charge is 2.28. The molecule has 0 bridgehead atoms. The smallest absolute Gasteiger partial charge is 0.410 e. The molecule has 2 fully saturated rings. The van der Waals surface area contributed by atoms with Crippen molar-refractivity contribution in [3.8, 4) is 0 Å². The van der Waals surface area contributed by atoms with Crippen molar-refractivity contribution in [2.24, 2.45) is 0 Å². The maximum absolute atomic E-state index is 12.7. The third kappa shape index (κ3) is 4.34. The minimum Gasteiger partial charge on any atom is -0.445 e. The van der Waals surface area contributed by atoms with Gasteiger partial charge in [0.05, 0.1) is 6.04 Å². The number of piperazine rings is 1. The number of benzene rings is 1. The lowest BCUT2D eigenvalue weighted by atomic mass is 10.2. The molecule has 3 heterocycles. The van der Waals surface area contributed by atoms with E-state index in [-0.39, 0.29) is 24.6 Å². The molecule has 0 saturated carbocycles. The van der Waals surface area contributed by atoms with Gasteiger partial charge in [0.15, 0.2) is 0 Å². The summed E-state index contributed by atoms with van der Waals surface area (Å²) in [5.74, 6) is -0.0576. The van der Waals surface area contributed by atoms with E-state index >= 15 is 0 Å². The van der Waals surface area contributed by atoms with Crippen molar-refractivity contribution in [2.45, 2.75) is 25.5 Å². The molecular formula is C20H24N4O3S. The average molecular weight is 401 g/mol. The Morgan fingerprint density at radius 1 is 1.14 bits per heavy atom. The number of ether oxygens (including phenoxy) is 1. The van der Waals surface area contributed by atoms with Gasteiger partial charge in [0.2, 0.25) is 0 Å². The van der Waals surface area contributed by atoms with Crippen molar-refractivity contribution in [1.29, 1.82) is 0 Å². The lowest BCUT2D eigenvalue weighted by Gasteiger charge is -2.33. The molecule has 1 aromatic carbocycles. The van der Waals surface area contributed by atoms with Gasteiger partial charge in [-0.2, -0.15) is 0 Å². The number of amides is 2. The normalized spacial score (nSPS) is 19.6. The van der Waals surface area contributed by atoms with Crippen molar-refractivity contribution in [1.82, 2.24) is 20.1 Å². The summed E-state index contributed by atoms with van der Waals surface area (Å²) in [6.07, 6.45) is 1.89. The molecule has 4 rings (SSSR count). The van der Waals surface area contributed by atoms with Crippen LogP contribution in [0.4, 0.5) is 4.79 Å². The van der Waals surface area contributed by atoms with E-state index in [2.05, 4.69) is 10.3 Å². The lowest BCUT2D eigenvalue weighted by molar-refractivity contribution is 0.0540. The highest BCUT2D eigenvalue weighted by Crippen LogP contribution is 2.26. The predicted octanol–water partition coefficient (Wildman–Crippen LogP) is 2.66. The summed E-state index contributed by atoms with van der Waals surface area (Å²) in [6, 6.07) is 9.89. The summed E-state index contributed by atoms with van der Waals surface area (Å²) >= 11 is 1.54. The van der Waals surface area contributed by atoms with E-state index in [0.717, 1.165) is 30.0 Å². The Hall–Kier alpha value is -2.45. The first-order valence-corrected chi connectivity index (χ1v) is 10.5. The van der Waals surface area contributed by atoms with Gasteiger partial charge in [0.1, 0.15) is 17.3 Å². The molecule has 2 saturated heterocycles. The molecule has 148 valence electrons. The van der Waals surface area contributed by atoms with Crippen LogP contribution in [0, 0.1) is 0 Å². The number of hydrogen-bond donors (Lipinski definition) is 1. The Balaban J connectivity index is 1.26. The van der Waals surface area contributed by atoms with Gasteiger partial charge < -0.3 is 19.9 Å². The second-order valence-corrected chi connectivity index (χ2v) is 7.93. The fourth-order valence-electron chi connectivity index (χ4n) is 3.51. The first-order valence-electron chi connectivity index (χ1n) is 9.64. The zero-order valence-corrected chi connectivity index (χ0v) is 16.5. The Morgan fingerprint density at radius 2 is 1.89 bits per heavy atom. The predicted molar refractivity (Wildman–Crippen MR) is 106 cm³/mol. The van der Waals surface area contributed by atoms with Crippen LogP contribution in [0.2, 0.25) is 0 Å². The zero-order valence-electron chi connectivity index (χ0n) is 15.7. The number of carbonyl (C=O) groups excluding carboxylic acids is 2. The number of nitrogens with zero attached hydrogens (tertiary/aromatic N) is 3. The number of nitrogens with one attached hydrogen (secondary N) is 1. The summed E-state index contributed by atoms with van der Waals surface area (Å²) in [4.78, 5) is 32.9. The molecule has 0 aliphatic carbocycles. The molecule has 28 heavy (non-hydrogen) atoms. The monoisotopic (exact) mass is 400 g/mol. The molecule has 2 aliphatic rings. The molecule has 7 nitrogen and oxygen atoms in total. The van der Waals surface area contributed by atoms with Crippen LogP contribution in [-0.4, -0.2) is 59.5 Å². The van der Waals surface area contributed by atoms with Crippen LogP contribution in [0.15, 0.2) is 35.7 Å². The van der Waals surface area contributed by atoms with Crippen LogP contribution in [0.1, 0.15) is 39.9 Å². The molecule has 1 aromatic heterocycles. The van der Waals surface area contributed by atoms with Crippen LogP contribution in [0.5, 0.6) is 0 Å². The van der Waals surface area contributed by atoms with E-state index in [1.807, 2.05) is 35.7 Å². The molecular weight excluding hydrogens is 376 g/mol. The van der Waals surface area contributed by atoms with E-state index in [4.69, 9.17) is 4.74 Å². The van der Waals surface area contributed by atoms with E-state index < -0.39 is 0 Å². The third-order valence-electron chi connectivity index (χ3n) is 5.13. The molecule has 2 aliphatic heterocycles. The fraction of sp³-hybridized carbons (Fsp3) is 0.450. The average Bonchev–Trinajstić information content (AvgIpc) is 3.44. The van der Waals surface area contributed by atoms with Crippen molar-refractivity contribution in [3.05, 3.63) is 52.0 Å². The number of carbonyl (C=O) groups is 2. The minimum absolute atomic E-state index is 0.0576. The Morgan fingerprint density at radius 3 is 2.61 bits per heavy atom. The SMILES string of the molecule is O=C(OCc1ccccc1)N1CCN(C(=O)c2csc(C3CCCN3)n2)CC1. The molecule has 2 amide bonds. The Labute approximate surface area is 168 Å². The summed E-state index contributed by atoms with van der Waals surface area (Å²) < 4.78 is 5.37. The standard InChI is InChI=1S/C20H24N4O3S/c25-19(17-14-28-18(22-17)16-7-4-8-21-16)23-9-11-24(12-10-23)20(26)27-13-15-5-2-1-3-6-15/h1-3,5-6,14,16,21H,4,7-13H2. The van der Waals surface area contributed by atoms with Gasteiger partial charge in [-0.05, 0) is 24.9 Å². The van der Waals surface area contributed by atoms with Gasteiger partial charge in [-0.25, -0.2) is 9.78 Å². The van der Waals surface area contributed by atoms with Crippen LogP contribution in [-0.2, 0) is 11.3 Å².